The van der Waals surface area contributed by atoms with Crippen molar-refractivity contribution in [2.24, 2.45) is 23.2 Å². The molecule has 1 unspecified atom stereocenters. The SMILES string of the molecule is OC(CC12CC3CC(CC(C3)C1)C2)c1cccs1. The second kappa shape index (κ2) is 4.08. The monoisotopic (exact) mass is 262 g/mol. The average Bonchev–Trinajstić information content (AvgIpc) is 2.79. The quantitative estimate of drug-likeness (QED) is 0.856. The van der Waals surface area contributed by atoms with Crippen LogP contribution in [0.25, 0.3) is 0 Å². The van der Waals surface area contributed by atoms with Gasteiger partial charge >= 0.3 is 0 Å². The summed E-state index contributed by atoms with van der Waals surface area (Å²) in [6.07, 6.45) is 9.51. The van der Waals surface area contributed by atoms with Crippen LogP contribution in [0.4, 0.5) is 0 Å². The lowest BCUT2D eigenvalue weighted by Gasteiger charge is -2.57. The van der Waals surface area contributed by atoms with Crippen LogP contribution in [-0.4, -0.2) is 5.11 Å². The van der Waals surface area contributed by atoms with E-state index in [-0.39, 0.29) is 6.10 Å². The van der Waals surface area contributed by atoms with Crippen LogP contribution in [0.2, 0.25) is 0 Å². The van der Waals surface area contributed by atoms with Gasteiger partial charge in [0.25, 0.3) is 0 Å². The molecule has 2 heteroatoms. The van der Waals surface area contributed by atoms with Gasteiger partial charge in [0, 0.05) is 4.88 Å². The molecule has 4 saturated carbocycles. The lowest BCUT2D eigenvalue weighted by atomic mass is 9.48. The van der Waals surface area contributed by atoms with Crippen LogP contribution in [0.5, 0.6) is 0 Å². The normalized spacial score (nSPS) is 43.3. The van der Waals surface area contributed by atoms with Gasteiger partial charge in [0.2, 0.25) is 0 Å². The fourth-order valence-corrected chi connectivity index (χ4v) is 6.24. The molecule has 5 rings (SSSR count). The lowest BCUT2D eigenvalue weighted by molar-refractivity contribution is -0.0760. The molecule has 1 nitrogen and oxygen atoms in total. The Morgan fingerprint density at radius 3 is 2.28 bits per heavy atom. The Bertz CT molecular complexity index is 387. The number of rotatable bonds is 3. The summed E-state index contributed by atoms with van der Waals surface area (Å²) < 4.78 is 0. The van der Waals surface area contributed by atoms with E-state index in [0.29, 0.717) is 5.41 Å². The van der Waals surface area contributed by atoms with E-state index in [1.54, 1.807) is 11.3 Å². The van der Waals surface area contributed by atoms with Crippen molar-refractivity contribution in [2.45, 2.75) is 51.0 Å². The van der Waals surface area contributed by atoms with Crippen molar-refractivity contribution >= 4 is 11.3 Å². The molecule has 0 amide bonds. The molecule has 0 saturated heterocycles. The minimum atomic E-state index is -0.207. The number of aliphatic hydroxyl groups excluding tert-OH is 1. The highest BCUT2D eigenvalue weighted by molar-refractivity contribution is 7.10. The first-order chi connectivity index (χ1) is 8.72. The van der Waals surface area contributed by atoms with Gasteiger partial charge in [0.05, 0.1) is 6.10 Å². The van der Waals surface area contributed by atoms with Crippen molar-refractivity contribution in [1.29, 1.82) is 0 Å². The van der Waals surface area contributed by atoms with Crippen molar-refractivity contribution in [3.05, 3.63) is 22.4 Å². The molecule has 4 fully saturated rings. The summed E-state index contributed by atoms with van der Waals surface area (Å²) >= 11 is 1.71. The topological polar surface area (TPSA) is 20.2 Å². The number of aliphatic hydroxyl groups is 1. The van der Waals surface area contributed by atoms with E-state index in [1.807, 2.05) is 0 Å². The predicted molar refractivity (Wildman–Crippen MR) is 74.5 cm³/mol. The number of hydrogen-bond donors (Lipinski definition) is 1. The first-order valence-corrected chi connectivity index (χ1v) is 8.32. The molecular weight excluding hydrogens is 240 g/mol. The Labute approximate surface area is 113 Å². The second-order valence-corrected chi connectivity index (χ2v) is 8.13. The first-order valence-electron chi connectivity index (χ1n) is 7.44. The van der Waals surface area contributed by atoms with Gasteiger partial charge in [-0.25, -0.2) is 0 Å². The van der Waals surface area contributed by atoms with E-state index >= 15 is 0 Å². The van der Waals surface area contributed by atoms with Gasteiger partial charge in [-0.1, -0.05) is 6.07 Å². The standard InChI is InChI=1S/C16H22OS/c17-14(15-2-1-3-18-15)10-16-7-11-4-12(8-16)6-13(5-11)9-16/h1-3,11-14,17H,4-10H2. The molecule has 0 aromatic carbocycles. The maximum Gasteiger partial charge on any atom is 0.0887 e. The molecule has 1 N–H and O–H groups in total. The van der Waals surface area contributed by atoms with Gasteiger partial charge in [-0.15, -0.1) is 11.3 Å². The van der Waals surface area contributed by atoms with Crippen LogP contribution >= 0.6 is 11.3 Å². The predicted octanol–water partition coefficient (Wildman–Crippen LogP) is 4.39. The maximum absolute atomic E-state index is 10.5. The van der Waals surface area contributed by atoms with Crippen LogP contribution in [0.15, 0.2) is 17.5 Å². The highest BCUT2D eigenvalue weighted by Gasteiger charge is 2.51. The molecule has 1 heterocycles. The largest absolute Gasteiger partial charge is 0.388 e. The summed E-state index contributed by atoms with van der Waals surface area (Å²) in [5.74, 6) is 2.98. The van der Waals surface area contributed by atoms with Crippen LogP contribution in [0.1, 0.15) is 55.9 Å². The zero-order valence-corrected chi connectivity index (χ0v) is 11.7. The zero-order valence-electron chi connectivity index (χ0n) is 10.8. The molecule has 0 radical (unpaired) electrons. The van der Waals surface area contributed by atoms with Gasteiger partial charge in [-0.05, 0) is 79.6 Å². The number of hydrogen-bond acceptors (Lipinski definition) is 2. The maximum atomic E-state index is 10.5. The van der Waals surface area contributed by atoms with Crippen molar-refractivity contribution in [1.82, 2.24) is 0 Å². The summed E-state index contributed by atoms with van der Waals surface area (Å²) in [4.78, 5) is 1.17. The summed E-state index contributed by atoms with van der Waals surface area (Å²) in [5, 5.41) is 12.6. The summed E-state index contributed by atoms with van der Waals surface area (Å²) in [5.41, 5.74) is 0.498. The fraction of sp³-hybridized carbons (Fsp3) is 0.750. The molecule has 0 spiro atoms. The first kappa shape index (κ1) is 11.5. The molecule has 1 aromatic rings. The van der Waals surface area contributed by atoms with Crippen molar-refractivity contribution in [3.63, 3.8) is 0 Å². The van der Waals surface area contributed by atoms with E-state index in [1.165, 1.54) is 43.4 Å². The summed E-state index contributed by atoms with van der Waals surface area (Å²) in [6.45, 7) is 0. The van der Waals surface area contributed by atoms with Gasteiger partial charge in [0.1, 0.15) is 0 Å². The molecule has 4 bridgehead atoms. The Kier molecular flexibility index (Phi) is 2.60. The minimum absolute atomic E-state index is 0.207. The smallest absolute Gasteiger partial charge is 0.0887 e. The van der Waals surface area contributed by atoms with Crippen molar-refractivity contribution < 1.29 is 5.11 Å². The molecule has 1 atom stereocenters. The highest BCUT2D eigenvalue weighted by Crippen LogP contribution is 2.62. The van der Waals surface area contributed by atoms with Gasteiger partial charge < -0.3 is 5.11 Å². The number of thiophene rings is 1. The van der Waals surface area contributed by atoms with Crippen LogP contribution in [-0.2, 0) is 0 Å². The van der Waals surface area contributed by atoms with Crippen LogP contribution in [0, 0.1) is 23.2 Å². The third-order valence-electron chi connectivity index (χ3n) is 5.66. The van der Waals surface area contributed by atoms with Gasteiger partial charge in [-0.2, -0.15) is 0 Å². The molecule has 0 aliphatic heterocycles. The van der Waals surface area contributed by atoms with E-state index in [4.69, 9.17) is 0 Å². The minimum Gasteiger partial charge on any atom is -0.388 e. The van der Waals surface area contributed by atoms with Crippen molar-refractivity contribution in [2.75, 3.05) is 0 Å². The van der Waals surface area contributed by atoms with Crippen LogP contribution < -0.4 is 0 Å². The highest BCUT2D eigenvalue weighted by atomic mass is 32.1. The molecular formula is C16H22OS. The van der Waals surface area contributed by atoms with E-state index in [2.05, 4.69) is 17.5 Å². The lowest BCUT2D eigenvalue weighted by Crippen LogP contribution is -2.46. The second-order valence-electron chi connectivity index (χ2n) is 7.15. The Morgan fingerprint density at radius 1 is 1.17 bits per heavy atom. The van der Waals surface area contributed by atoms with Gasteiger partial charge in [-0.3, -0.25) is 0 Å². The van der Waals surface area contributed by atoms with E-state index < -0.39 is 0 Å². The van der Waals surface area contributed by atoms with Gasteiger partial charge in [0.15, 0.2) is 0 Å². The van der Waals surface area contributed by atoms with Crippen LogP contribution in [0.3, 0.4) is 0 Å². The molecule has 4 aliphatic carbocycles. The summed E-state index contributed by atoms with van der Waals surface area (Å²) in [7, 11) is 0. The molecule has 18 heavy (non-hydrogen) atoms. The van der Waals surface area contributed by atoms with Crippen molar-refractivity contribution in [3.8, 4) is 0 Å². The van der Waals surface area contributed by atoms with E-state index in [9.17, 15) is 5.11 Å². The Hall–Kier alpha value is -0.340. The fourth-order valence-electron chi connectivity index (χ4n) is 5.53. The van der Waals surface area contributed by atoms with E-state index in [0.717, 1.165) is 24.2 Å². The Morgan fingerprint density at radius 2 is 1.78 bits per heavy atom. The summed E-state index contributed by atoms with van der Waals surface area (Å²) in [6, 6.07) is 4.15. The average molecular weight is 262 g/mol. The molecule has 98 valence electrons. The third-order valence-corrected chi connectivity index (χ3v) is 6.64. The third kappa shape index (κ3) is 1.85. The Balaban J connectivity index is 1.54. The molecule has 4 aliphatic rings. The zero-order chi connectivity index (χ0) is 12.2. The molecule has 1 aromatic heterocycles.